The van der Waals surface area contributed by atoms with E-state index in [1.54, 1.807) is 0 Å². The predicted octanol–water partition coefficient (Wildman–Crippen LogP) is 2.87. The fourth-order valence-electron chi connectivity index (χ4n) is 0.989. The van der Waals surface area contributed by atoms with Crippen LogP contribution in [0.5, 0.6) is 0 Å². The van der Waals surface area contributed by atoms with Gasteiger partial charge in [-0.05, 0) is 0 Å². The molecule has 0 spiro atoms. The molecule has 0 heterocycles. The summed E-state index contributed by atoms with van der Waals surface area (Å²) in [5.41, 5.74) is 1.41. The van der Waals surface area contributed by atoms with Crippen molar-refractivity contribution in [1.29, 1.82) is 0 Å². The van der Waals surface area contributed by atoms with Gasteiger partial charge >= 0.3 is 0 Å². The van der Waals surface area contributed by atoms with E-state index in [-0.39, 0.29) is 41.3 Å². The molecular formula is C9H13Pr-. The standard InChI is InChI=1S/C9H13.Pr/c1-2-3-6-9-7-4-5-8-9;/h4,7H,2-3,5-6H2,1H3;/q-1;. The number of rotatable bonds is 3. The molecule has 0 amide bonds. The van der Waals surface area contributed by atoms with Crippen LogP contribution in [0.4, 0.5) is 0 Å². The fourth-order valence-corrected chi connectivity index (χ4v) is 0.989. The van der Waals surface area contributed by atoms with E-state index in [9.17, 15) is 0 Å². The molecule has 0 saturated heterocycles. The van der Waals surface area contributed by atoms with Gasteiger partial charge in [0.2, 0.25) is 0 Å². The molecule has 0 fully saturated rings. The molecule has 53 valence electrons. The molecule has 0 unspecified atom stereocenters. The van der Waals surface area contributed by atoms with E-state index in [1.165, 1.54) is 24.8 Å². The molecule has 0 aliphatic heterocycles. The minimum atomic E-state index is 0. The zero-order valence-corrected chi connectivity index (χ0v) is 10.3. The van der Waals surface area contributed by atoms with Crippen LogP contribution >= 0.6 is 0 Å². The Morgan fingerprint density at radius 2 is 2.40 bits per heavy atom. The number of unbranched alkanes of at least 4 members (excludes halogenated alkanes) is 1. The van der Waals surface area contributed by atoms with E-state index in [0.29, 0.717) is 0 Å². The average Bonchev–Trinajstić information content (AvgIpc) is 2.34. The van der Waals surface area contributed by atoms with Gasteiger partial charge in [-0.3, -0.25) is 6.08 Å². The summed E-state index contributed by atoms with van der Waals surface area (Å²) >= 11 is 0. The maximum atomic E-state index is 3.30. The summed E-state index contributed by atoms with van der Waals surface area (Å²) < 4.78 is 0. The first-order chi connectivity index (χ1) is 4.43. The van der Waals surface area contributed by atoms with Crippen molar-refractivity contribution < 1.29 is 41.3 Å². The largest absolute Gasteiger partial charge is 0.269 e. The van der Waals surface area contributed by atoms with Crippen LogP contribution in [0.1, 0.15) is 32.6 Å². The molecule has 0 aromatic heterocycles. The summed E-state index contributed by atoms with van der Waals surface area (Å²) in [4.78, 5) is 0. The Bertz CT molecular complexity index is 134. The van der Waals surface area contributed by atoms with Crippen molar-refractivity contribution in [3.05, 3.63) is 23.8 Å². The van der Waals surface area contributed by atoms with E-state index in [4.69, 9.17) is 0 Å². The zero-order valence-electron chi connectivity index (χ0n) is 6.56. The third-order valence-electron chi connectivity index (χ3n) is 1.57. The maximum absolute atomic E-state index is 3.30. The number of allylic oxidation sites excluding steroid dienone is 4. The molecule has 0 nitrogen and oxygen atoms in total. The zero-order chi connectivity index (χ0) is 6.53. The molecule has 0 saturated carbocycles. The summed E-state index contributed by atoms with van der Waals surface area (Å²) in [6.07, 6.45) is 12.5. The van der Waals surface area contributed by atoms with Gasteiger partial charge in [0.1, 0.15) is 0 Å². The molecule has 0 aromatic rings. The van der Waals surface area contributed by atoms with Gasteiger partial charge in [-0.2, -0.15) is 6.08 Å². The number of hydrogen-bond acceptors (Lipinski definition) is 0. The van der Waals surface area contributed by atoms with E-state index < -0.39 is 0 Å². The summed E-state index contributed by atoms with van der Waals surface area (Å²) in [6, 6.07) is 0. The summed E-state index contributed by atoms with van der Waals surface area (Å²) in [5.74, 6) is 0. The van der Waals surface area contributed by atoms with Crippen molar-refractivity contribution in [2.75, 3.05) is 0 Å². The van der Waals surface area contributed by atoms with Crippen LogP contribution in [0.25, 0.3) is 0 Å². The SMILES string of the molecule is CCCCC1=[C-]CC=C1.[Pr]. The normalized spacial score (nSPS) is 14.7. The molecule has 10 heavy (non-hydrogen) atoms. The van der Waals surface area contributed by atoms with Gasteiger partial charge < -0.3 is 0 Å². The molecular weight excluding hydrogens is 249 g/mol. The Morgan fingerprint density at radius 3 is 2.90 bits per heavy atom. The second kappa shape index (κ2) is 6.55. The topological polar surface area (TPSA) is 0 Å². The molecule has 0 atom stereocenters. The van der Waals surface area contributed by atoms with Crippen molar-refractivity contribution in [3.8, 4) is 0 Å². The van der Waals surface area contributed by atoms with Gasteiger partial charge in [-0.15, -0.1) is 6.42 Å². The van der Waals surface area contributed by atoms with Gasteiger partial charge in [-0.25, -0.2) is 11.6 Å². The van der Waals surface area contributed by atoms with Crippen molar-refractivity contribution in [3.63, 3.8) is 0 Å². The second-order valence-corrected chi connectivity index (χ2v) is 2.41. The first-order valence-corrected chi connectivity index (χ1v) is 3.69. The maximum Gasteiger partial charge on any atom is 0 e. The van der Waals surface area contributed by atoms with Crippen molar-refractivity contribution in [1.82, 2.24) is 0 Å². The van der Waals surface area contributed by atoms with Gasteiger partial charge in [0.05, 0.1) is 0 Å². The van der Waals surface area contributed by atoms with Gasteiger partial charge in [0.15, 0.2) is 0 Å². The van der Waals surface area contributed by atoms with Crippen molar-refractivity contribution >= 4 is 0 Å². The minimum Gasteiger partial charge on any atom is -0.269 e. The van der Waals surface area contributed by atoms with Crippen LogP contribution in [-0.2, 0) is 0 Å². The van der Waals surface area contributed by atoms with Crippen molar-refractivity contribution in [2.24, 2.45) is 0 Å². The second-order valence-electron chi connectivity index (χ2n) is 2.41. The molecule has 0 bridgehead atoms. The van der Waals surface area contributed by atoms with Gasteiger partial charge in [-0.1, -0.05) is 26.2 Å². The van der Waals surface area contributed by atoms with E-state index in [1.807, 2.05) is 0 Å². The molecule has 1 aliphatic rings. The number of hydrogen-bond donors (Lipinski definition) is 0. The van der Waals surface area contributed by atoms with Crippen LogP contribution in [0.15, 0.2) is 17.7 Å². The first kappa shape index (κ1) is 10.8. The van der Waals surface area contributed by atoms with E-state index >= 15 is 0 Å². The summed E-state index contributed by atoms with van der Waals surface area (Å²) in [5, 5.41) is 0. The minimum absolute atomic E-state index is 0. The fraction of sp³-hybridized carbons (Fsp3) is 0.556. The van der Waals surface area contributed by atoms with Crippen molar-refractivity contribution in [2.45, 2.75) is 32.6 Å². The molecule has 1 radical (unpaired) electrons. The Hall–Kier alpha value is 0.844. The van der Waals surface area contributed by atoms with Gasteiger partial charge in [0.25, 0.3) is 0 Å². The van der Waals surface area contributed by atoms with Crippen LogP contribution in [0.3, 0.4) is 0 Å². The third-order valence-corrected chi connectivity index (χ3v) is 1.57. The molecule has 1 heteroatoms. The smallest absolute Gasteiger partial charge is 0 e. The molecule has 0 N–H and O–H groups in total. The Balaban J connectivity index is 0.000000810. The first-order valence-electron chi connectivity index (χ1n) is 3.69. The van der Waals surface area contributed by atoms with Gasteiger partial charge in [0, 0.05) is 41.3 Å². The Kier molecular flexibility index (Phi) is 7.10. The Labute approximate surface area is 96.7 Å². The van der Waals surface area contributed by atoms with Crippen LogP contribution < -0.4 is 0 Å². The van der Waals surface area contributed by atoms with E-state index in [2.05, 4.69) is 25.2 Å². The summed E-state index contributed by atoms with van der Waals surface area (Å²) in [6.45, 7) is 2.22. The van der Waals surface area contributed by atoms with Crippen LogP contribution in [-0.4, -0.2) is 0 Å². The van der Waals surface area contributed by atoms with E-state index in [0.717, 1.165) is 6.42 Å². The van der Waals surface area contributed by atoms with Crippen LogP contribution in [0.2, 0.25) is 0 Å². The monoisotopic (exact) mass is 262 g/mol. The molecule has 1 aliphatic carbocycles. The quantitative estimate of drug-likeness (QED) is 0.686. The molecule has 0 aromatic carbocycles. The van der Waals surface area contributed by atoms with Crippen LogP contribution in [0, 0.1) is 47.4 Å². The molecule has 1 rings (SSSR count). The third kappa shape index (κ3) is 3.88. The predicted molar refractivity (Wildman–Crippen MR) is 40.0 cm³/mol. The average molecular weight is 262 g/mol. The summed E-state index contributed by atoms with van der Waals surface area (Å²) in [7, 11) is 0. The Morgan fingerprint density at radius 1 is 1.60 bits per heavy atom.